The minimum absolute atomic E-state index is 0.00873. The van der Waals surface area contributed by atoms with Gasteiger partial charge in [-0.2, -0.15) is 0 Å². The molecule has 1 aliphatic heterocycles. The zero-order valence-corrected chi connectivity index (χ0v) is 19.0. The molecule has 0 bridgehead atoms. The predicted octanol–water partition coefficient (Wildman–Crippen LogP) is 3.28. The van der Waals surface area contributed by atoms with Gasteiger partial charge >= 0.3 is 0 Å². The zero-order chi connectivity index (χ0) is 21.6. The molecule has 0 radical (unpaired) electrons. The van der Waals surface area contributed by atoms with Gasteiger partial charge in [0.25, 0.3) is 5.91 Å². The molecule has 7 heteroatoms. The van der Waals surface area contributed by atoms with Gasteiger partial charge in [-0.05, 0) is 39.5 Å². The number of anilines is 2. The second-order valence-corrected chi connectivity index (χ2v) is 8.70. The lowest BCUT2D eigenvalue weighted by Gasteiger charge is -2.35. The second kappa shape index (κ2) is 10.4. The van der Waals surface area contributed by atoms with Crippen LogP contribution in [0, 0.1) is 0 Å². The third-order valence-electron chi connectivity index (χ3n) is 6.15. The number of ether oxygens (including phenoxy) is 3. The fraction of sp³-hybridized carbons (Fsp3) is 0.696. The van der Waals surface area contributed by atoms with E-state index in [2.05, 4.69) is 24.3 Å². The number of hydrogen-bond donors (Lipinski definition) is 1. The molecule has 1 aromatic rings. The molecule has 0 unspecified atom stereocenters. The Morgan fingerprint density at radius 1 is 1.10 bits per heavy atom. The first-order valence-corrected chi connectivity index (χ1v) is 11.3. The topological polar surface area (TPSA) is 60.0 Å². The molecular weight excluding hydrogens is 382 g/mol. The summed E-state index contributed by atoms with van der Waals surface area (Å²) in [4.78, 5) is 15.2. The normalized spacial score (nSPS) is 17.8. The molecule has 1 aromatic carbocycles. The first-order valence-electron chi connectivity index (χ1n) is 11.3. The second-order valence-electron chi connectivity index (χ2n) is 8.70. The number of hydrogen-bond acceptors (Lipinski definition) is 5. The summed E-state index contributed by atoms with van der Waals surface area (Å²) in [5.74, 6) is 1.46. The molecule has 0 aromatic heterocycles. The summed E-state index contributed by atoms with van der Waals surface area (Å²) >= 11 is 0. The zero-order valence-electron chi connectivity index (χ0n) is 19.0. The van der Waals surface area contributed by atoms with Gasteiger partial charge in [-0.1, -0.05) is 0 Å². The Morgan fingerprint density at radius 2 is 1.73 bits per heavy atom. The van der Waals surface area contributed by atoms with E-state index in [-0.39, 0.29) is 5.91 Å². The van der Waals surface area contributed by atoms with Crippen molar-refractivity contribution in [3.8, 4) is 11.5 Å². The summed E-state index contributed by atoms with van der Waals surface area (Å²) < 4.78 is 18.0. The first-order chi connectivity index (χ1) is 14.4. The molecule has 1 aliphatic carbocycles. The largest absolute Gasteiger partial charge is 0.492 e. The van der Waals surface area contributed by atoms with Crippen molar-refractivity contribution in [3.63, 3.8) is 0 Å². The summed E-state index contributed by atoms with van der Waals surface area (Å²) in [5, 5.41) is 3.10. The van der Waals surface area contributed by atoms with Crippen LogP contribution in [0.4, 0.5) is 11.4 Å². The van der Waals surface area contributed by atoms with Crippen molar-refractivity contribution in [2.45, 2.75) is 45.6 Å². The number of amides is 1. The van der Waals surface area contributed by atoms with E-state index in [0.717, 1.165) is 29.0 Å². The van der Waals surface area contributed by atoms with Crippen molar-refractivity contribution >= 4 is 17.3 Å². The van der Waals surface area contributed by atoms with Crippen molar-refractivity contribution in [2.75, 3.05) is 70.4 Å². The number of likely N-dealkylation sites (N-methyl/N-ethyl adjacent to an activating group) is 1. The summed E-state index contributed by atoms with van der Waals surface area (Å²) in [5.41, 5.74) is 1.66. The standard InChI is InChI=1S/C23H37N3O4/c1-5-29-21-16-20(25-11-13-28-14-12-25)22(30-6-2)15-19(21)24-23(27)17-26(3,4)18-9-7-8-10-18/h15-16,18H,5-14,17H2,1-4H3/p+1. The lowest BCUT2D eigenvalue weighted by atomic mass is 10.1. The third kappa shape index (κ3) is 5.58. The van der Waals surface area contributed by atoms with Crippen LogP contribution in [-0.4, -0.2) is 76.6 Å². The van der Waals surface area contributed by atoms with Gasteiger partial charge in [-0.15, -0.1) is 0 Å². The van der Waals surface area contributed by atoms with Crippen LogP contribution in [0.25, 0.3) is 0 Å². The highest BCUT2D eigenvalue weighted by molar-refractivity contribution is 5.94. The summed E-state index contributed by atoms with van der Waals surface area (Å²) in [6, 6.07) is 4.46. The minimum Gasteiger partial charge on any atom is -0.492 e. The Bertz CT molecular complexity index is 711. The van der Waals surface area contributed by atoms with Gasteiger partial charge in [0, 0.05) is 25.2 Å². The van der Waals surface area contributed by atoms with Crippen LogP contribution in [0.15, 0.2) is 12.1 Å². The fourth-order valence-electron chi connectivity index (χ4n) is 4.54. The summed E-state index contributed by atoms with van der Waals surface area (Å²) in [6.45, 7) is 8.48. The molecule has 1 heterocycles. The Balaban J connectivity index is 1.81. The molecule has 0 spiro atoms. The average molecular weight is 421 g/mol. The molecular formula is C23H38N3O4+. The quantitative estimate of drug-likeness (QED) is 0.622. The molecule has 1 saturated heterocycles. The smallest absolute Gasteiger partial charge is 0.279 e. The number of carbonyl (C=O) groups is 1. The van der Waals surface area contributed by atoms with Gasteiger partial charge in [0.15, 0.2) is 6.54 Å². The SMILES string of the molecule is CCOc1cc(N2CCOCC2)c(OCC)cc1NC(=O)C[N+](C)(C)C1CCCC1. The maximum absolute atomic E-state index is 12.9. The van der Waals surface area contributed by atoms with E-state index in [1.807, 2.05) is 26.0 Å². The molecule has 3 rings (SSSR count). The summed E-state index contributed by atoms with van der Waals surface area (Å²) in [7, 11) is 4.32. The number of nitrogens with one attached hydrogen (secondary N) is 1. The number of benzene rings is 1. The van der Waals surface area contributed by atoms with Crippen molar-refractivity contribution in [1.82, 2.24) is 0 Å². The van der Waals surface area contributed by atoms with E-state index in [1.165, 1.54) is 25.7 Å². The van der Waals surface area contributed by atoms with Crippen LogP contribution in [0.1, 0.15) is 39.5 Å². The van der Waals surface area contributed by atoms with E-state index in [1.54, 1.807) is 0 Å². The number of rotatable bonds is 9. The van der Waals surface area contributed by atoms with Gasteiger partial charge in [0.2, 0.25) is 0 Å². The minimum atomic E-state index is 0.00873. The van der Waals surface area contributed by atoms with Crippen LogP contribution in [-0.2, 0) is 9.53 Å². The Kier molecular flexibility index (Phi) is 7.83. The van der Waals surface area contributed by atoms with Crippen LogP contribution < -0.4 is 19.7 Å². The molecule has 30 heavy (non-hydrogen) atoms. The van der Waals surface area contributed by atoms with Crippen molar-refractivity contribution < 1.29 is 23.5 Å². The highest BCUT2D eigenvalue weighted by Crippen LogP contribution is 2.39. The molecule has 7 nitrogen and oxygen atoms in total. The van der Waals surface area contributed by atoms with Crippen LogP contribution in [0.2, 0.25) is 0 Å². The van der Waals surface area contributed by atoms with Crippen LogP contribution in [0.5, 0.6) is 11.5 Å². The number of morpholine rings is 1. The number of nitrogens with zero attached hydrogens (tertiary/aromatic N) is 2. The molecule has 0 atom stereocenters. The molecule has 168 valence electrons. The van der Waals surface area contributed by atoms with Crippen LogP contribution >= 0.6 is 0 Å². The van der Waals surface area contributed by atoms with Crippen molar-refractivity contribution in [2.24, 2.45) is 0 Å². The molecule has 2 aliphatic rings. The number of carbonyl (C=O) groups excluding carboxylic acids is 1. The van der Waals surface area contributed by atoms with E-state index in [4.69, 9.17) is 14.2 Å². The van der Waals surface area contributed by atoms with Gasteiger partial charge in [-0.25, -0.2) is 0 Å². The van der Waals surface area contributed by atoms with E-state index >= 15 is 0 Å². The Hall–Kier alpha value is -1.99. The monoisotopic (exact) mass is 420 g/mol. The first kappa shape index (κ1) is 22.7. The Labute approximate surface area is 180 Å². The van der Waals surface area contributed by atoms with Gasteiger partial charge in [0.05, 0.1) is 57.9 Å². The third-order valence-corrected chi connectivity index (χ3v) is 6.15. The fourth-order valence-corrected chi connectivity index (χ4v) is 4.54. The van der Waals surface area contributed by atoms with Gasteiger partial charge in [0.1, 0.15) is 11.5 Å². The van der Waals surface area contributed by atoms with E-state index < -0.39 is 0 Å². The van der Waals surface area contributed by atoms with Gasteiger partial charge in [-0.3, -0.25) is 4.79 Å². The molecule has 2 fully saturated rings. The van der Waals surface area contributed by atoms with Crippen molar-refractivity contribution in [1.29, 1.82) is 0 Å². The van der Waals surface area contributed by atoms with E-state index in [9.17, 15) is 4.79 Å². The Morgan fingerprint density at radius 3 is 2.37 bits per heavy atom. The van der Waals surface area contributed by atoms with Gasteiger partial charge < -0.3 is 28.9 Å². The average Bonchev–Trinajstić information content (AvgIpc) is 3.26. The lowest BCUT2D eigenvalue weighted by Crippen LogP contribution is -2.51. The highest BCUT2D eigenvalue weighted by atomic mass is 16.5. The molecule has 1 amide bonds. The van der Waals surface area contributed by atoms with Crippen molar-refractivity contribution in [3.05, 3.63) is 12.1 Å². The maximum Gasteiger partial charge on any atom is 0.279 e. The predicted molar refractivity (Wildman–Crippen MR) is 120 cm³/mol. The highest BCUT2D eigenvalue weighted by Gasteiger charge is 2.33. The van der Waals surface area contributed by atoms with Crippen LogP contribution in [0.3, 0.4) is 0 Å². The lowest BCUT2D eigenvalue weighted by molar-refractivity contribution is -0.906. The molecule has 1 N–H and O–H groups in total. The maximum atomic E-state index is 12.9. The van der Waals surface area contributed by atoms with E-state index in [0.29, 0.717) is 50.5 Å². The summed E-state index contributed by atoms with van der Waals surface area (Å²) in [6.07, 6.45) is 4.94. The molecule has 1 saturated carbocycles. The number of quaternary nitrogens is 1.